The van der Waals surface area contributed by atoms with Crippen molar-refractivity contribution < 1.29 is 18.7 Å². The van der Waals surface area contributed by atoms with Gasteiger partial charge in [0.05, 0.1) is 6.61 Å². The van der Waals surface area contributed by atoms with Crippen LogP contribution < -0.4 is 10.1 Å². The van der Waals surface area contributed by atoms with Crippen LogP contribution >= 0.6 is 0 Å². The summed E-state index contributed by atoms with van der Waals surface area (Å²) in [4.78, 5) is 11.3. The van der Waals surface area contributed by atoms with Crippen molar-refractivity contribution in [2.24, 2.45) is 0 Å². The maximum atomic E-state index is 13.7. The lowest BCUT2D eigenvalue weighted by molar-refractivity contribution is -0.146. The van der Waals surface area contributed by atoms with E-state index in [0.717, 1.165) is 24.9 Å². The van der Waals surface area contributed by atoms with Gasteiger partial charge in [-0.05, 0) is 30.7 Å². The number of esters is 1. The Hall–Kier alpha value is -1.62. The van der Waals surface area contributed by atoms with Gasteiger partial charge < -0.3 is 14.8 Å². The maximum Gasteiger partial charge on any atom is 0.344 e. The van der Waals surface area contributed by atoms with Gasteiger partial charge >= 0.3 is 5.97 Å². The van der Waals surface area contributed by atoms with Crippen LogP contribution in [0.25, 0.3) is 0 Å². The second-order valence-corrected chi connectivity index (χ2v) is 4.41. The van der Waals surface area contributed by atoms with Gasteiger partial charge in [0.25, 0.3) is 0 Å². The highest BCUT2D eigenvalue weighted by Gasteiger charge is 2.08. The van der Waals surface area contributed by atoms with E-state index in [-0.39, 0.29) is 12.4 Å². The normalized spacial score (nSPS) is 10.3. The van der Waals surface area contributed by atoms with Crippen molar-refractivity contribution >= 4 is 5.97 Å². The molecule has 0 aromatic heterocycles. The number of unbranched alkanes of at least 4 members (excludes halogenated alkanes) is 1. The average Bonchev–Trinajstić information content (AvgIpc) is 2.44. The molecule has 0 saturated heterocycles. The van der Waals surface area contributed by atoms with Crippen LogP contribution in [0.4, 0.5) is 4.39 Å². The predicted molar refractivity (Wildman–Crippen MR) is 75.1 cm³/mol. The minimum absolute atomic E-state index is 0.0673. The molecule has 1 N–H and O–H groups in total. The van der Waals surface area contributed by atoms with Gasteiger partial charge in [-0.3, -0.25) is 0 Å². The van der Waals surface area contributed by atoms with Gasteiger partial charge in [-0.25, -0.2) is 9.18 Å². The Bertz CT molecular complexity index is 424. The summed E-state index contributed by atoms with van der Waals surface area (Å²) in [6, 6.07) is 4.70. The van der Waals surface area contributed by atoms with Crippen molar-refractivity contribution in [3.05, 3.63) is 29.6 Å². The molecule has 1 rings (SSSR count). The van der Waals surface area contributed by atoms with Gasteiger partial charge in [-0.15, -0.1) is 0 Å². The quantitative estimate of drug-likeness (QED) is 0.559. The summed E-state index contributed by atoms with van der Waals surface area (Å²) in [6.45, 7) is 5.53. The first-order valence-electron chi connectivity index (χ1n) is 6.95. The molecule has 1 aromatic carbocycles. The number of hydrogen-bond acceptors (Lipinski definition) is 4. The fraction of sp³-hybridized carbons (Fsp3) is 0.533. The maximum absolute atomic E-state index is 13.7. The summed E-state index contributed by atoms with van der Waals surface area (Å²) in [5.74, 6) is -0.881. The molecule has 1 aromatic rings. The molecule has 112 valence electrons. The number of carbonyl (C=O) groups excluding carboxylic acids is 1. The molecule has 0 radical (unpaired) electrons. The first kappa shape index (κ1) is 16.4. The zero-order valence-electron chi connectivity index (χ0n) is 12.1. The van der Waals surface area contributed by atoms with Crippen LogP contribution in [0, 0.1) is 5.82 Å². The molecule has 5 heteroatoms. The summed E-state index contributed by atoms with van der Waals surface area (Å²) in [6.07, 6.45) is 1.77. The summed E-state index contributed by atoms with van der Waals surface area (Å²) in [5, 5.41) is 3.11. The van der Waals surface area contributed by atoms with Crippen molar-refractivity contribution in [1.29, 1.82) is 0 Å². The fourth-order valence-corrected chi connectivity index (χ4v) is 1.55. The van der Waals surface area contributed by atoms with Crippen LogP contribution in [-0.4, -0.2) is 25.7 Å². The monoisotopic (exact) mass is 283 g/mol. The Morgan fingerprint density at radius 1 is 1.35 bits per heavy atom. The zero-order chi connectivity index (χ0) is 14.8. The van der Waals surface area contributed by atoms with E-state index in [4.69, 9.17) is 9.47 Å². The molecule has 0 amide bonds. The topological polar surface area (TPSA) is 47.6 Å². The van der Waals surface area contributed by atoms with Crippen molar-refractivity contribution in [3.8, 4) is 5.75 Å². The molecule has 0 aliphatic rings. The third kappa shape index (κ3) is 6.02. The number of ether oxygens (including phenoxy) is 2. The summed E-state index contributed by atoms with van der Waals surface area (Å²) < 4.78 is 23.8. The Labute approximate surface area is 119 Å². The number of rotatable bonds is 9. The SMILES string of the molecule is CCCCOC(=O)COc1ccc(CNCC)cc1F. The molecule has 0 spiro atoms. The van der Waals surface area contributed by atoms with E-state index in [1.54, 1.807) is 6.07 Å². The minimum Gasteiger partial charge on any atom is -0.479 e. The van der Waals surface area contributed by atoms with E-state index in [2.05, 4.69) is 5.32 Å². The second kappa shape index (κ2) is 9.31. The van der Waals surface area contributed by atoms with E-state index in [1.165, 1.54) is 12.1 Å². The average molecular weight is 283 g/mol. The molecule has 0 heterocycles. The Balaban J connectivity index is 2.42. The molecule has 0 saturated carbocycles. The summed E-state index contributed by atoms with van der Waals surface area (Å²) in [7, 11) is 0. The molecule has 0 atom stereocenters. The molecule has 0 fully saturated rings. The highest BCUT2D eigenvalue weighted by atomic mass is 19.1. The van der Waals surface area contributed by atoms with Gasteiger partial charge in [-0.1, -0.05) is 26.3 Å². The Morgan fingerprint density at radius 3 is 2.80 bits per heavy atom. The van der Waals surface area contributed by atoms with E-state index >= 15 is 0 Å². The van der Waals surface area contributed by atoms with Crippen LogP contribution in [-0.2, 0) is 16.1 Å². The molecule has 0 aliphatic heterocycles. The van der Waals surface area contributed by atoms with Crippen LogP contribution in [0.1, 0.15) is 32.3 Å². The third-order valence-corrected chi connectivity index (χ3v) is 2.68. The predicted octanol–water partition coefficient (Wildman–Crippen LogP) is 2.66. The number of hydrogen-bond donors (Lipinski definition) is 1. The highest BCUT2D eigenvalue weighted by Crippen LogP contribution is 2.18. The standard InChI is InChI=1S/C15H22FNO3/c1-3-5-8-19-15(18)11-20-14-7-6-12(9-13(14)16)10-17-4-2/h6-7,9,17H,3-5,8,10-11H2,1-2H3. The number of benzene rings is 1. The number of nitrogens with one attached hydrogen (secondary N) is 1. The van der Waals surface area contributed by atoms with Crippen molar-refractivity contribution in [1.82, 2.24) is 5.32 Å². The summed E-state index contributed by atoms with van der Waals surface area (Å²) >= 11 is 0. The van der Waals surface area contributed by atoms with Gasteiger partial charge in [0.1, 0.15) is 0 Å². The molecule has 0 bridgehead atoms. The molecule has 20 heavy (non-hydrogen) atoms. The Morgan fingerprint density at radius 2 is 2.15 bits per heavy atom. The molecular formula is C15H22FNO3. The molecule has 0 unspecified atom stereocenters. The lowest BCUT2D eigenvalue weighted by Gasteiger charge is -2.09. The van der Waals surface area contributed by atoms with E-state index in [0.29, 0.717) is 13.2 Å². The smallest absolute Gasteiger partial charge is 0.344 e. The minimum atomic E-state index is -0.477. The van der Waals surface area contributed by atoms with Crippen LogP contribution in [0.3, 0.4) is 0 Å². The Kier molecular flexibility index (Phi) is 7.65. The largest absolute Gasteiger partial charge is 0.479 e. The molecule has 4 nitrogen and oxygen atoms in total. The summed E-state index contributed by atoms with van der Waals surface area (Å²) in [5.41, 5.74) is 0.835. The van der Waals surface area contributed by atoms with E-state index in [1.807, 2.05) is 13.8 Å². The first-order chi connectivity index (χ1) is 9.67. The van der Waals surface area contributed by atoms with Crippen molar-refractivity contribution in [3.63, 3.8) is 0 Å². The third-order valence-electron chi connectivity index (χ3n) is 2.68. The van der Waals surface area contributed by atoms with Crippen LogP contribution in [0.15, 0.2) is 18.2 Å². The van der Waals surface area contributed by atoms with Crippen molar-refractivity contribution in [2.75, 3.05) is 19.8 Å². The van der Waals surface area contributed by atoms with Crippen LogP contribution in [0.2, 0.25) is 0 Å². The van der Waals surface area contributed by atoms with Gasteiger partial charge in [0, 0.05) is 6.54 Å². The first-order valence-corrected chi connectivity index (χ1v) is 6.95. The van der Waals surface area contributed by atoms with Gasteiger partial charge in [0.15, 0.2) is 18.2 Å². The molecule has 0 aliphatic carbocycles. The fourth-order valence-electron chi connectivity index (χ4n) is 1.55. The van der Waals surface area contributed by atoms with Crippen molar-refractivity contribution in [2.45, 2.75) is 33.2 Å². The van der Waals surface area contributed by atoms with Gasteiger partial charge in [-0.2, -0.15) is 0 Å². The highest BCUT2D eigenvalue weighted by molar-refractivity contribution is 5.71. The number of carbonyl (C=O) groups is 1. The van der Waals surface area contributed by atoms with E-state index < -0.39 is 11.8 Å². The van der Waals surface area contributed by atoms with E-state index in [9.17, 15) is 9.18 Å². The lowest BCUT2D eigenvalue weighted by atomic mass is 10.2. The van der Waals surface area contributed by atoms with Crippen LogP contribution in [0.5, 0.6) is 5.75 Å². The van der Waals surface area contributed by atoms with Gasteiger partial charge in [0.2, 0.25) is 0 Å². The molecular weight excluding hydrogens is 261 g/mol. The lowest BCUT2D eigenvalue weighted by Crippen LogP contribution is -2.16. The zero-order valence-corrected chi connectivity index (χ0v) is 12.1. The second-order valence-electron chi connectivity index (χ2n) is 4.41. The number of halogens is 1.